The van der Waals surface area contributed by atoms with Gasteiger partial charge in [-0.25, -0.2) is 0 Å². The molecule has 0 aliphatic heterocycles. The number of anilines is 1. The summed E-state index contributed by atoms with van der Waals surface area (Å²) in [5.74, 6) is 0.439. The van der Waals surface area contributed by atoms with Gasteiger partial charge in [0.1, 0.15) is 5.75 Å². The number of nitrogens with two attached hydrogens (primary N) is 1. The monoisotopic (exact) mass is 236 g/mol. The molecule has 4 heteroatoms. The Bertz CT molecular complexity index is 362. The Morgan fingerprint density at radius 1 is 1.35 bits per heavy atom. The number of nitrogen functional groups attached to an aromatic ring is 1. The average molecular weight is 236 g/mol. The van der Waals surface area contributed by atoms with Crippen LogP contribution in [0.1, 0.15) is 26.7 Å². The van der Waals surface area contributed by atoms with Crippen molar-refractivity contribution in [3.05, 3.63) is 24.3 Å². The highest BCUT2D eigenvalue weighted by Crippen LogP contribution is 2.19. The van der Waals surface area contributed by atoms with E-state index in [4.69, 9.17) is 10.5 Å². The maximum atomic E-state index is 11.6. The van der Waals surface area contributed by atoms with Gasteiger partial charge in [0.2, 0.25) is 0 Å². The molecule has 94 valence electrons. The summed E-state index contributed by atoms with van der Waals surface area (Å²) in [5.41, 5.74) is 6.25. The van der Waals surface area contributed by atoms with Crippen molar-refractivity contribution in [2.75, 3.05) is 12.3 Å². The van der Waals surface area contributed by atoms with Crippen LogP contribution in [0.3, 0.4) is 0 Å². The highest BCUT2D eigenvalue weighted by molar-refractivity contribution is 5.78. The maximum absolute atomic E-state index is 11.6. The molecule has 0 saturated heterocycles. The van der Waals surface area contributed by atoms with Gasteiger partial charge < -0.3 is 15.8 Å². The first-order valence-corrected chi connectivity index (χ1v) is 5.94. The smallest absolute Gasteiger partial charge is 0.258 e. The van der Waals surface area contributed by atoms with Crippen molar-refractivity contribution in [2.24, 2.45) is 0 Å². The number of carbonyl (C=O) groups excluding carboxylic acids is 1. The number of nitrogens with one attached hydrogen (secondary N) is 1. The topological polar surface area (TPSA) is 64.3 Å². The fourth-order valence-electron chi connectivity index (χ4n) is 1.52. The summed E-state index contributed by atoms with van der Waals surface area (Å²) in [6.07, 6.45) is 1.85. The third-order valence-corrected chi connectivity index (χ3v) is 2.63. The number of para-hydroxylation sites is 2. The van der Waals surface area contributed by atoms with E-state index in [0.29, 0.717) is 11.4 Å². The number of benzene rings is 1. The molecule has 0 aromatic heterocycles. The van der Waals surface area contributed by atoms with Gasteiger partial charge in [0.05, 0.1) is 5.69 Å². The van der Waals surface area contributed by atoms with Crippen LogP contribution in [0.4, 0.5) is 5.69 Å². The second-order valence-electron chi connectivity index (χ2n) is 3.91. The van der Waals surface area contributed by atoms with E-state index in [2.05, 4.69) is 5.32 Å². The predicted molar refractivity (Wildman–Crippen MR) is 68.9 cm³/mol. The molecule has 0 atom stereocenters. The normalized spacial score (nSPS) is 10.3. The van der Waals surface area contributed by atoms with Crippen LogP contribution in [-0.2, 0) is 4.79 Å². The predicted octanol–water partition coefficient (Wildman–Crippen LogP) is 1.95. The van der Waals surface area contributed by atoms with Crippen LogP contribution in [0, 0.1) is 0 Å². The second-order valence-corrected chi connectivity index (χ2v) is 3.91. The largest absolute Gasteiger partial charge is 0.482 e. The second kappa shape index (κ2) is 6.78. The van der Waals surface area contributed by atoms with Gasteiger partial charge in [-0.1, -0.05) is 26.0 Å². The number of ether oxygens (including phenoxy) is 1. The Kier molecular flexibility index (Phi) is 5.33. The molecule has 1 amide bonds. The van der Waals surface area contributed by atoms with Gasteiger partial charge in [0.25, 0.3) is 5.91 Å². The third kappa shape index (κ3) is 4.34. The van der Waals surface area contributed by atoms with Gasteiger partial charge in [-0.05, 0) is 25.0 Å². The number of amides is 1. The van der Waals surface area contributed by atoms with Gasteiger partial charge in [-0.15, -0.1) is 0 Å². The number of rotatable bonds is 6. The molecule has 0 bridgehead atoms. The van der Waals surface area contributed by atoms with Crippen molar-refractivity contribution in [1.82, 2.24) is 5.32 Å². The van der Waals surface area contributed by atoms with Crippen LogP contribution in [0.5, 0.6) is 5.75 Å². The van der Waals surface area contributed by atoms with E-state index in [9.17, 15) is 4.79 Å². The highest BCUT2D eigenvalue weighted by atomic mass is 16.5. The molecule has 0 radical (unpaired) electrons. The first-order valence-electron chi connectivity index (χ1n) is 5.94. The van der Waals surface area contributed by atoms with E-state index in [1.54, 1.807) is 12.1 Å². The Balaban J connectivity index is 2.41. The lowest BCUT2D eigenvalue weighted by atomic mass is 10.2. The first kappa shape index (κ1) is 13.4. The molecule has 0 aliphatic carbocycles. The summed E-state index contributed by atoms with van der Waals surface area (Å²) >= 11 is 0. The summed E-state index contributed by atoms with van der Waals surface area (Å²) in [6.45, 7) is 4.10. The number of hydrogen-bond acceptors (Lipinski definition) is 3. The Labute approximate surface area is 102 Å². The van der Waals surface area contributed by atoms with E-state index in [1.165, 1.54) is 0 Å². The quantitative estimate of drug-likeness (QED) is 0.742. The van der Waals surface area contributed by atoms with E-state index >= 15 is 0 Å². The summed E-state index contributed by atoms with van der Waals surface area (Å²) in [7, 11) is 0. The molecule has 1 rings (SSSR count). The lowest BCUT2D eigenvalue weighted by molar-refractivity contribution is -0.123. The van der Waals surface area contributed by atoms with Crippen LogP contribution in [-0.4, -0.2) is 18.6 Å². The maximum Gasteiger partial charge on any atom is 0.258 e. The van der Waals surface area contributed by atoms with E-state index < -0.39 is 0 Å². The molecule has 17 heavy (non-hydrogen) atoms. The summed E-state index contributed by atoms with van der Waals surface area (Å²) in [5, 5.41) is 2.90. The zero-order valence-electron chi connectivity index (χ0n) is 10.4. The van der Waals surface area contributed by atoms with Gasteiger partial charge in [-0.3, -0.25) is 4.79 Å². The fraction of sp³-hybridized carbons (Fsp3) is 0.462. The lowest BCUT2D eigenvalue weighted by Crippen LogP contribution is -2.37. The van der Waals surface area contributed by atoms with E-state index in [0.717, 1.165) is 12.8 Å². The number of hydrogen-bond donors (Lipinski definition) is 2. The minimum Gasteiger partial charge on any atom is -0.482 e. The van der Waals surface area contributed by atoms with Gasteiger partial charge >= 0.3 is 0 Å². The highest BCUT2D eigenvalue weighted by Gasteiger charge is 2.09. The van der Waals surface area contributed by atoms with Gasteiger partial charge in [0.15, 0.2) is 6.61 Å². The molecule has 0 fully saturated rings. The van der Waals surface area contributed by atoms with Crippen LogP contribution in [0.25, 0.3) is 0 Å². The standard InChI is InChI=1S/C13H20N2O2/c1-3-10(4-2)15-13(16)9-17-12-8-6-5-7-11(12)14/h5-8,10H,3-4,9,14H2,1-2H3,(H,15,16). The molecule has 0 saturated carbocycles. The molecule has 0 unspecified atom stereocenters. The van der Waals surface area contributed by atoms with Crippen molar-refractivity contribution in [3.63, 3.8) is 0 Å². The Morgan fingerprint density at radius 3 is 2.59 bits per heavy atom. The van der Waals surface area contributed by atoms with Crippen LogP contribution >= 0.6 is 0 Å². The minimum absolute atomic E-state index is 0.00468. The summed E-state index contributed by atoms with van der Waals surface area (Å²) in [4.78, 5) is 11.6. The van der Waals surface area contributed by atoms with Crippen molar-refractivity contribution >= 4 is 11.6 Å². The molecule has 3 N–H and O–H groups in total. The van der Waals surface area contributed by atoms with Crippen molar-refractivity contribution < 1.29 is 9.53 Å². The third-order valence-electron chi connectivity index (χ3n) is 2.63. The summed E-state index contributed by atoms with van der Waals surface area (Å²) < 4.78 is 5.35. The molecule has 1 aromatic carbocycles. The molecule has 4 nitrogen and oxygen atoms in total. The fourth-order valence-corrected chi connectivity index (χ4v) is 1.52. The van der Waals surface area contributed by atoms with Gasteiger partial charge in [-0.2, -0.15) is 0 Å². The Hall–Kier alpha value is -1.71. The van der Waals surface area contributed by atoms with Crippen LogP contribution in [0.2, 0.25) is 0 Å². The Morgan fingerprint density at radius 2 is 2.00 bits per heavy atom. The minimum atomic E-state index is -0.109. The molecule has 1 aromatic rings. The van der Waals surface area contributed by atoms with Gasteiger partial charge in [0, 0.05) is 6.04 Å². The van der Waals surface area contributed by atoms with E-state index in [1.807, 2.05) is 26.0 Å². The first-order chi connectivity index (χ1) is 8.17. The van der Waals surface area contributed by atoms with Crippen LogP contribution < -0.4 is 15.8 Å². The molecular formula is C13H20N2O2. The molecule has 0 heterocycles. The average Bonchev–Trinajstić information content (AvgIpc) is 2.35. The summed E-state index contributed by atoms with van der Waals surface area (Å²) in [6, 6.07) is 7.37. The van der Waals surface area contributed by atoms with Crippen molar-refractivity contribution in [1.29, 1.82) is 0 Å². The molecular weight excluding hydrogens is 216 g/mol. The molecule has 0 aliphatic rings. The van der Waals surface area contributed by atoms with Crippen LogP contribution in [0.15, 0.2) is 24.3 Å². The number of carbonyl (C=O) groups is 1. The van der Waals surface area contributed by atoms with Crippen molar-refractivity contribution in [2.45, 2.75) is 32.7 Å². The zero-order chi connectivity index (χ0) is 12.7. The van der Waals surface area contributed by atoms with E-state index in [-0.39, 0.29) is 18.6 Å². The van der Waals surface area contributed by atoms with Crippen molar-refractivity contribution in [3.8, 4) is 5.75 Å². The molecule has 0 spiro atoms. The SMILES string of the molecule is CCC(CC)NC(=O)COc1ccccc1N. The zero-order valence-corrected chi connectivity index (χ0v) is 10.4. The lowest BCUT2D eigenvalue weighted by Gasteiger charge is -2.15.